The minimum Gasteiger partial charge on any atom is -0.366 e. The Morgan fingerprint density at radius 3 is 2.44 bits per heavy atom. The summed E-state index contributed by atoms with van der Waals surface area (Å²) in [6.45, 7) is 8.09. The second-order valence-electron chi connectivity index (χ2n) is 5.47. The van der Waals surface area contributed by atoms with Crippen molar-refractivity contribution >= 4 is 28.9 Å². The molecule has 0 saturated carbocycles. The van der Waals surface area contributed by atoms with E-state index in [1.54, 1.807) is 12.1 Å². The van der Waals surface area contributed by atoms with Crippen molar-refractivity contribution in [3.63, 3.8) is 0 Å². The molecule has 1 unspecified atom stereocenters. The summed E-state index contributed by atoms with van der Waals surface area (Å²) in [6.07, 6.45) is 0. The van der Waals surface area contributed by atoms with Gasteiger partial charge in [0, 0.05) is 30.4 Å². The lowest BCUT2D eigenvalue weighted by molar-refractivity contribution is 0.318. The number of hydrogen-bond donors (Lipinski definition) is 1. The predicted octanol–water partition coefficient (Wildman–Crippen LogP) is 3.71. The van der Waals surface area contributed by atoms with Gasteiger partial charge in [0.05, 0.1) is 10.0 Å². The van der Waals surface area contributed by atoms with E-state index in [1.807, 2.05) is 0 Å². The van der Waals surface area contributed by atoms with Crippen LogP contribution in [-0.4, -0.2) is 24.7 Å². The summed E-state index contributed by atoms with van der Waals surface area (Å²) in [5.74, 6) is -0.552. The maximum Gasteiger partial charge on any atom is 0.160 e. The van der Waals surface area contributed by atoms with Gasteiger partial charge in [0.1, 0.15) is 0 Å². The lowest BCUT2D eigenvalue weighted by Crippen LogP contribution is -2.61. The first-order valence-corrected chi connectivity index (χ1v) is 6.72. The Hall–Kier alpha value is -0.510. The van der Waals surface area contributed by atoms with Gasteiger partial charge in [0.25, 0.3) is 0 Å². The zero-order valence-electron chi connectivity index (χ0n) is 10.7. The van der Waals surface area contributed by atoms with Gasteiger partial charge in [0.15, 0.2) is 5.82 Å². The molecular formula is C13H17Cl2FN2. The first-order valence-electron chi connectivity index (χ1n) is 5.96. The van der Waals surface area contributed by atoms with Gasteiger partial charge in [-0.25, -0.2) is 4.39 Å². The lowest BCUT2D eigenvalue weighted by atomic mass is 9.98. The maximum atomic E-state index is 13.4. The van der Waals surface area contributed by atoms with Crippen LogP contribution in [0, 0.1) is 5.82 Å². The molecule has 1 aliphatic heterocycles. The SMILES string of the molecule is CC1CNC(C)(C)CN1c1cc(Cl)c(F)c(Cl)c1. The van der Waals surface area contributed by atoms with Crippen molar-refractivity contribution in [3.05, 3.63) is 28.0 Å². The number of piperazine rings is 1. The number of rotatable bonds is 1. The van der Waals surface area contributed by atoms with E-state index < -0.39 is 5.82 Å². The van der Waals surface area contributed by atoms with E-state index in [9.17, 15) is 4.39 Å². The van der Waals surface area contributed by atoms with Gasteiger partial charge in [-0.1, -0.05) is 23.2 Å². The Labute approximate surface area is 117 Å². The molecule has 1 aromatic carbocycles. The maximum absolute atomic E-state index is 13.4. The summed E-state index contributed by atoms with van der Waals surface area (Å²) < 4.78 is 13.4. The third-order valence-corrected chi connectivity index (χ3v) is 3.82. The summed E-state index contributed by atoms with van der Waals surface area (Å²) in [7, 11) is 0. The molecule has 1 fully saturated rings. The third kappa shape index (κ3) is 2.73. The highest BCUT2D eigenvalue weighted by atomic mass is 35.5. The van der Waals surface area contributed by atoms with Gasteiger partial charge < -0.3 is 10.2 Å². The van der Waals surface area contributed by atoms with Crippen LogP contribution in [0.1, 0.15) is 20.8 Å². The van der Waals surface area contributed by atoms with Crippen LogP contribution in [0.3, 0.4) is 0 Å². The number of anilines is 1. The van der Waals surface area contributed by atoms with Crippen molar-refractivity contribution in [1.29, 1.82) is 0 Å². The van der Waals surface area contributed by atoms with E-state index in [2.05, 4.69) is 31.0 Å². The fourth-order valence-corrected chi connectivity index (χ4v) is 2.70. The second kappa shape index (κ2) is 4.87. The van der Waals surface area contributed by atoms with Gasteiger partial charge in [-0.3, -0.25) is 0 Å². The van der Waals surface area contributed by atoms with Crippen LogP contribution < -0.4 is 10.2 Å². The Morgan fingerprint density at radius 2 is 1.89 bits per heavy atom. The van der Waals surface area contributed by atoms with Crippen LogP contribution in [0.2, 0.25) is 10.0 Å². The highest BCUT2D eigenvalue weighted by Crippen LogP contribution is 2.32. The fraction of sp³-hybridized carbons (Fsp3) is 0.538. The number of nitrogens with one attached hydrogen (secondary N) is 1. The van der Waals surface area contributed by atoms with Gasteiger partial charge in [0.2, 0.25) is 0 Å². The van der Waals surface area contributed by atoms with Crippen LogP contribution >= 0.6 is 23.2 Å². The predicted molar refractivity (Wildman–Crippen MR) is 75.3 cm³/mol. The molecule has 2 rings (SSSR count). The van der Waals surface area contributed by atoms with Gasteiger partial charge in [-0.15, -0.1) is 0 Å². The average molecular weight is 291 g/mol. The van der Waals surface area contributed by atoms with Crippen molar-refractivity contribution in [1.82, 2.24) is 5.32 Å². The molecule has 0 amide bonds. The Bertz CT molecular complexity index is 439. The minimum absolute atomic E-state index is 0.0137. The molecule has 5 heteroatoms. The minimum atomic E-state index is -0.552. The highest BCUT2D eigenvalue weighted by molar-refractivity contribution is 6.35. The number of halogens is 3. The molecule has 1 heterocycles. The monoisotopic (exact) mass is 290 g/mol. The summed E-state index contributed by atoms with van der Waals surface area (Å²) in [5.41, 5.74) is 0.883. The Kier molecular flexibility index (Phi) is 3.77. The molecule has 0 radical (unpaired) electrons. The van der Waals surface area contributed by atoms with E-state index in [1.165, 1.54) is 0 Å². The van der Waals surface area contributed by atoms with E-state index in [4.69, 9.17) is 23.2 Å². The van der Waals surface area contributed by atoms with Crippen LogP contribution in [0.15, 0.2) is 12.1 Å². The molecule has 1 saturated heterocycles. The molecule has 18 heavy (non-hydrogen) atoms. The average Bonchev–Trinajstić information content (AvgIpc) is 2.28. The molecule has 1 aromatic rings. The van der Waals surface area contributed by atoms with Gasteiger partial charge >= 0.3 is 0 Å². The molecule has 0 spiro atoms. The Morgan fingerprint density at radius 1 is 1.33 bits per heavy atom. The first kappa shape index (κ1) is 13.9. The first-order chi connectivity index (χ1) is 8.30. The smallest absolute Gasteiger partial charge is 0.160 e. The molecule has 0 bridgehead atoms. The van der Waals surface area contributed by atoms with Crippen LogP contribution in [0.25, 0.3) is 0 Å². The summed E-state index contributed by atoms with van der Waals surface area (Å²) >= 11 is 11.7. The molecule has 1 atom stereocenters. The Balaban J connectivity index is 2.35. The van der Waals surface area contributed by atoms with Crippen molar-refractivity contribution in [2.75, 3.05) is 18.0 Å². The third-order valence-electron chi connectivity index (χ3n) is 3.27. The molecule has 2 nitrogen and oxygen atoms in total. The molecular weight excluding hydrogens is 274 g/mol. The molecule has 100 valence electrons. The van der Waals surface area contributed by atoms with Gasteiger partial charge in [-0.05, 0) is 32.9 Å². The lowest BCUT2D eigenvalue weighted by Gasteiger charge is -2.44. The fourth-order valence-electron chi connectivity index (χ4n) is 2.23. The molecule has 0 aliphatic carbocycles. The van der Waals surface area contributed by atoms with Crippen molar-refractivity contribution in [2.45, 2.75) is 32.4 Å². The van der Waals surface area contributed by atoms with E-state index in [-0.39, 0.29) is 15.6 Å². The zero-order chi connectivity index (χ0) is 13.5. The van der Waals surface area contributed by atoms with Crippen molar-refractivity contribution < 1.29 is 4.39 Å². The summed E-state index contributed by atoms with van der Waals surface area (Å²) in [6, 6.07) is 3.59. The van der Waals surface area contributed by atoms with E-state index >= 15 is 0 Å². The van der Waals surface area contributed by atoms with Crippen LogP contribution in [0.5, 0.6) is 0 Å². The zero-order valence-corrected chi connectivity index (χ0v) is 12.2. The summed E-state index contributed by atoms with van der Waals surface area (Å²) in [4.78, 5) is 2.20. The molecule has 1 aliphatic rings. The van der Waals surface area contributed by atoms with Gasteiger partial charge in [-0.2, -0.15) is 0 Å². The largest absolute Gasteiger partial charge is 0.366 e. The molecule has 0 aromatic heterocycles. The number of benzene rings is 1. The second-order valence-corrected chi connectivity index (χ2v) is 6.28. The van der Waals surface area contributed by atoms with E-state index in [0.29, 0.717) is 6.04 Å². The molecule has 1 N–H and O–H groups in total. The summed E-state index contributed by atoms with van der Waals surface area (Å²) in [5, 5.41) is 3.61. The number of nitrogens with zero attached hydrogens (tertiary/aromatic N) is 1. The van der Waals surface area contributed by atoms with Crippen molar-refractivity contribution in [3.8, 4) is 0 Å². The normalized spacial score (nSPS) is 23.2. The van der Waals surface area contributed by atoms with Crippen LogP contribution in [-0.2, 0) is 0 Å². The standard InChI is InChI=1S/C13H17Cl2FN2/c1-8-6-17-13(2,3)7-18(8)9-4-10(14)12(16)11(15)5-9/h4-5,8,17H,6-7H2,1-3H3. The number of hydrogen-bond acceptors (Lipinski definition) is 2. The van der Waals surface area contributed by atoms with Crippen LogP contribution in [0.4, 0.5) is 10.1 Å². The van der Waals surface area contributed by atoms with E-state index in [0.717, 1.165) is 18.8 Å². The van der Waals surface area contributed by atoms with Crippen molar-refractivity contribution in [2.24, 2.45) is 0 Å². The quantitative estimate of drug-likeness (QED) is 0.793. The highest BCUT2D eigenvalue weighted by Gasteiger charge is 2.30. The topological polar surface area (TPSA) is 15.3 Å².